The number of hydrogen-bond donors (Lipinski definition) is 0. The third kappa shape index (κ3) is 10.9. The molecule has 0 aliphatic heterocycles. The zero-order valence-corrected chi connectivity index (χ0v) is 43.3. The number of benzene rings is 5. The number of fused-ring (bicyclic) bond motifs is 5. The molecule has 1 fully saturated rings. The Morgan fingerprint density at radius 2 is 1.31 bits per heavy atom. The first-order valence-corrected chi connectivity index (χ1v) is 22.9. The second-order valence-electron chi connectivity index (χ2n) is 22.3. The van der Waals surface area contributed by atoms with Gasteiger partial charge >= 0.3 is 0 Å². The molecule has 1 aliphatic rings. The van der Waals surface area contributed by atoms with Crippen LogP contribution in [0.2, 0.25) is 0 Å². The molecule has 1 saturated carbocycles. The van der Waals surface area contributed by atoms with Gasteiger partial charge in [0, 0.05) is 62.5 Å². The van der Waals surface area contributed by atoms with Gasteiger partial charge in [0.05, 0.1) is 5.58 Å². The number of pyridine rings is 2. The Hall–Kier alpha value is -4.89. The number of rotatable bonds is 6. The van der Waals surface area contributed by atoms with E-state index in [4.69, 9.17) is 22.2 Å². The molecule has 5 aromatic carbocycles. The van der Waals surface area contributed by atoms with E-state index in [0.717, 1.165) is 51.7 Å². The molecule has 0 bridgehead atoms. The summed E-state index contributed by atoms with van der Waals surface area (Å²) in [7, 11) is 0. The molecule has 0 saturated heterocycles. The van der Waals surface area contributed by atoms with Crippen molar-refractivity contribution >= 4 is 32.7 Å². The van der Waals surface area contributed by atoms with Crippen LogP contribution in [0.5, 0.6) is 0 Å². The van der Waals surface area contributed by atoms with Crippen molar-refractivity contribution < 1.29 is 43.7 Å². The first-order chi connectivity index (χ1) is 36.4. The van der Waals surface area contributed by atoms with Crippen LogP contribution in [0.15, 0.2) is 114 Å². The van der Waals surface area contributed by atoms with Crippen molar-refractivity contribution in [3.8, 4) is 33.6 Å². The minimum absolute atomic E-state index is 0. The van der Waals surface area contributed by atoms with E-state index in [9.17, 15) is 1.37 Å². The van der Waals surface area contributed by atoms with Crippen molar-refractivity contribution in [2.75, 3.05) is 0 Å². The molecule has 0 N–H and O–H groups in total. The van der Waals surface area contributed by atoms with Gasteiger partial charge in [0.1, 0.15) is 5.58 Å². The quantitative estimate of drug-likeness (QED) is 0.156. The van der Waals surface area contributed by atoms with Crippen LogP contribution < -0.4 is 0 Å². The van der Waals surface area contributed by atoms with E-state index >= 15 is 0 Å². The number of hydrogen-bond acceptors (Lipinski definition) is 3. The number of furan rings is 1. The minimum atomic E-state index is -2.64. The summed E-state index contributed by atoms with van der Waals surface area (Å²) in [6.45, 7) is 16.6. The predicted molar refractivity (Wildman–Crippen MR) is 281 cm³/mol. The van der Waals surface area contributed by atoms with Gasteiger partial charge in [-0.15, -0.1) is 47.5 Å². The van der Waals surface area contributed by atoms with Crippen molar-refractivity contribution in [1.29, 1.82) is 0 Å². The van der Waals surface area contributed by atoms with Gasteiger partial charge in [-0.05, 0) is 123 Å². The fraction of sp³-hybridized carbons (Fsp3) is 0.397. The Balaban J connectivity index is 0.000000236. The molecule has 3 aromatic heterocycles. The van der Waals surface area contributed by atoms with Crippen molar-refractivity contribution in [3.63, 3.8) is 0 Å². The summed E-state index contributed by atoms with van der Waals surface area (Å²) < 4.78 is 124. The second kappa shape index (κ2) is 18.5. The number of aryl methyl sites for hydroxylation is 3. The van der Waals surface area contributed by atoms with Gasteiger partial charge in [-0.25, -0.2) is 0 Å². The van der Waals surface area contributed by atoms with Gasteiger partial charge in [0.15, 0.2) is 0 Å². The number of aromatic nitrogens is 2. The van der Waals surface area contributed by atoms with Crippen LogP contribution in [-0.4, -0.2) is 9.97 Å². The van der Waals surface area contributed by atoms with E-state index in [2.05, 4.69) is 87.9 Å². The molecule has 0 unspecified atom stereocenters. The van der Waals surface area contributed by atoms with Gasteiger partial charge in [0.2, 0.25) is 0 Å². The van der Waals surface area contributed by atoms with Crippen LogP contribution in [-0.2, 0) is 32.9 Å². The Morgan fingerprint density at radius 1 is 0.672 bits per heavy atom. The molecule has 3 heterocycles. The average Bonchev–Trinajstić information content (AvgIpc) is 3.78. The van der Waals surface area contributed by atoms with Crippen molar-refractivity contribution in [2.24, 2.45) is 27.1 Å². The zero-order chi connectivity index (χ0) is 59.6. The maximum atomic E-state index is 10.1. The maximum Gasteiger partial charge on any atom is 0.128 e. The van der Waals surface area contributed by atoms with Crippen molar-refractivity contribution in [2.45, 2.75) is 135 Å². The molecule has 8 aromatic rings. The largest absolute Gasteiger partial charge is 0.500 e. The SMILES string of the molecule is [2H]C([2H])([2H])c1c[c-]c(-c2cc(C([2H])([2H])C(C)(C)C)c(C([2H])([2H])C(C)(C)C)cn2)cc1-c1ccccc1.[2H]C([2H])([2H])c1cnc(-c2[c-]ccc3c2oc2c4cc(C5([2H])C(C)(C)CC(C)(C)CC5(C)C)ccc4ccc32)cc1C([2H])([2H])[2H].[Ir]. The Morgan fingerprint density at radius 3 is 1.99 bits per heavy atom. The van der Waals surface area contributed by atoms with Crippen molar-refractivity contribution in [3.05, 3.63) is 155 Å². The first-order valence-electron chi connectivity index (χ1n) is 29.9. The monoisotopic (exact) mass is 1080 g/mol. The van der Waals surface area contributed by atoms with Crippen LogP contribution in [0.1, 0.15) is 154 Å². The smallest absolute Gasteiger partial charge is 0.128 e. The van der Waals surface area contributed by atoms with Gasteiger partial charge in [0.25, 0.3) is 0 Å². The standard InChI is InChI=1S/C35H38NO.C28H34N.Ir/c1-21-16-29(36-18-22(21)2)27-11-9-10-25-26-15-14-23-12-13-24(17-28(23)31(26)37-30(25)27)32-34(5,6)19-33(3,4)20-35(32,7)8;1-20-13-14-22(15-25(20)21-11-9-8-10-12-21)26-16-23(17-27(2,3)4)24(19-29-26)18-28(5,6)7;/h9-10,12-18,32H,19-20H2,1-8H3;8-13,15-16,19H,17-18H2,1-7H3;/q2*-1;/i1D3,2D3,32D;1D3,17D2,18D2;. The van der Waals surface area contributed by atoms with Gasteiger partial charge in [-0.2, -0.15) is 0 Å². The normalized spacial score (nSPS) is 20.4. The van der Waals surface area contributed by atoms with Crippen LogP contribution in [0.4, 0.5) is 0 Å². The zero-order valence-electron chi connectivity index (χ0n) is 54.9. The van der Waals surface area contributed by atoms with Gasteiger partial charge in [-0.1, -0.05) is 179 Å². The summed E-state index contributed by atoms with van der Waals surface area (Å²) in [6, 6.07) is 35.5. The summed E-state index contributed by atoms with van der Waals surface area (Å²) in [5.74, 6) is -0.850. The van der Waals surface area contributed by atoms with Crippen LogP contribution in [0.3, 0.4) is 0 Å². The van der Waals surface area contributed by atoms with Crippen LogP contribution >= 0.6 is 0 Å². The van der Waals surface area contributed by atoms with E-state index < -0.39 is 50.0 Å². The first kappa shape index (κ1) is 34.4. The maximum absolute atomic E-state index is 10.1. The van der Waals surface area contributed by atoms with E-state index in [1.54, 1.807) is 59.7 Å². The molecule has 1 aliphatic carbocycles. The third-order valence-electron chi connectivity index (χ3n) is 12.3. The Labute approximate surface area is 435 Å². The summed E-state index contributed by atoms with van der Waals surface area (Å²) in [6.07, 6.45) is 0.697. The molecule has 9 rings (SSSR count). The molecule has 67 heavy (non-hydrogen) atoms. The molecule has 0 spiro atoms. The fourth-order valence-electron chi connectivity index (χ4n) is 10.9. The van der Waals surface area contributed by atoms with E-state index in [1.165, 1.54) is 18.3 Å². The predicted octanol–water partition coefficient (Wildman–Crippen LogP) is 17.9. The molecular formula is C63H72IrN2O-2. The molecular weight excluding hydrogens is 993 g/mol. The molecule has 4 heteroatoms. The van der Waals surface area contributed by atoms with Crippen molar-refractivity contribution in [1.82, 2.24) is 9.97 Å². The topological polar surface area (TPSA) is 38.9 Å². The second-order valence-corrected chi connectivity index (χ2v) is 22.3. The Kier molecular flexibility index (Phi) is 9.52. The molecule has 3 nitrogen and oxygen atoms in total. The summed E-state index contributed by atoms with van der Waals surface area (Å²) in [5, 5.41) is 3.60. The molecule has 0 amide bonds. The third-order valence-corrected chi connectivity index (χ3v) is 12.3. The van der Waals surface area contributed by atoms with E-state index in [-0.39, 0.29) is 69.9 Å². The summed E-state index contributed by atoms with van der Waals surface area (Å²) in [5.41, 5.74) is 3.02. The Bertz CT molecular complexity index is 3630. The van der Waals surface area contributed by atoms with Crippen LogP contribution in [0.25, 0.3) is 66.4 Å². The van der Waals surface area contributed by atoms with Crippen LogP contribution in [0, 0.1) is 59.8 Å². The van der Waals surface area contributed by atoms with E-state index in [0.29, 0.717) is 33.6 Å². The van der Waals surface area contributed by atoms with Gasteiger partial charge in [-0.3, -0.25) is 0 Å². The van der Waals surface area contributed by atoms with E-state index in [1.807, 2.05) is 42.5 Å². The average molecular weight is 1080 g/mol. The molecule has 1 radical (unpaired) electrons. The molecule has 351 valence electrons. The fourth-order valence-corrected chi connectivity index (χ4v) is 10.9. The van der Waals surface area contributed by atoms with Gasteiger partial charge < -0.3 is 14.4 Å². The minimum Gasteiger partial charge on any atom is -0.500 e. The molecule has 0 atom stereocenters. The summed E-state index contributed by atoms with van der Waals surface area (Å²) in [4.78, 5) is 8.91. The number of nitrogens with zero attached hydrogens (tertiary/aromatic N) is 2. The summed E-state index contributed by atoms with van der Waals surface area (Å²) >= 11 is 0.